The van der Waals surface area contributed by atoms with Crippen LogP contribution in [0, 0.1) is 0 Å². The Hall–Kier alpha value is -1.39. The van der Waals surface area contributed by atoms with E-state index >= 15 is 0 Å². The van der Waals surface area contributed by atoms with Gasteiger partial charge in [0.15, 0.2) is 10.8 Å². The molecule has 0 fully saturated rings. The van der Waals surface area contributed by atoms with Crippen LogP contribution in [0.4, 0.5) is 32.3 Å². The first-order valence-electron chi connectivity index (χ1n) is 7.45. The van der Waals surface area contributed by atoms with Crippen LogP contribution in [0.15, 0.2) is 6.33 Å². The Morgan fingerprint density at radius 3 is 2.33 bits per heavy atom. The van der Waals surface area contributed by atoms with Gasteiger partial charge >= 0.3 is 12.4 Å². The third-order valence-corrected chi connectivity index (χ3v) is 5.63. The number of alkyl halides is 6. The van der Waals surface area contributed by atoms with E-state index in [-0.39, 0.29) is 28.8 Å². The molecule has 1 unspecified atom stereocenters. The third kappa shape index (κ3) is 6.93. The van der Waals surface area contributed by atoms with Crippen LogP contribution in [0.25, 0.3) is 11.2 Å². The molecule has 2 N–H and O–H groups in total. The van der Waals surface area contributed by atoms with Crippen molar-refractivity contribution < 1.29 is 31.1 Å². The molecule has 0 spiro atoms. The van der Waals surface area contributed by atoms with Crippen LogP contribution in [0.2, 0.25) is 5.15 Å². The molecule has 0 aliphatic heterocycles. The van der Waals surface area contributed by atoms with Gasteiger partial charge in [-0.15, -0.1) is 0 Å². The molecular formula is C13H15ClF6N5OP. The number of nitrogen functional groups attached to an aromatic ring is 1. The average Bonchev–Trinajstić information content (AvgIpc) is 2.85. The zero-order chi connectivity index (χ0) is 20.4. The van der Waals surface area contributed by atoms with Crippen LogP contribution in [0.1, 0.15) is 6.92 Å². The molecule has 2 heterocycles. The Kier molecular flexibility index (Phi) is 6.75. The Labute approximate surface area is 155 Å². The van der Waals surface area contributed by atoms with Crippen molar-refractivity contribution in [1.29, 1.82) is 0 Å². The zero-order valence-electron chi connectivity index (χ0n) is 13.9. The molecule has 1 atom stereocenters. The quantitative estimate of drug-likeness (QED) is 0.402. The first-order valence-corrected chi connectivity index (χ1v) is 9.73. The number of ether oxygens (including phenoxy) is 1. The molecule has 2 aromatic rings. The molecule has 0 saturated heterocycles. The lowest BCUT2D eigenvalue weighted by Gasteiger charge is -2.23. The molecule has 0 saturated carbocycles. The van der Waals surface area contributed by atoms with Gasteiger partial charge in [0.1, 0.15) is 5.52 Å². The number of anilines is 1. The van der Waals surface area contributed by atoms with E-state index in [2.05, 4.69) is 15.0 Å². The number of nitrogens with zero attached hydrogens (tertiary/aromatic N) is 4. The number of aromatic nitrogens is 4. The highest BCUT2D eigenvalue weighted by atomic mass is 35.5. The lowest BCUT2D eigenvalue weighted by atomic mass is 10.4. The molecule has 14 heteroatoms. The third-order valence-electron chi connectivity index (χ3n) is 3.24. The number of rotatable bonds is 7. The van der Waals surface area contributed by atoms with Gasteiger partial charge in [0.2, 0.25) is 5.95 Å². The number of hydrogen-bond donors (Lipinski definition) is 1. The van der Waals surface area contributed by atoms with Crippen molar-refractivity contribution in [3.05, 3.63) is 11.5 Å². The smallest absolute Gasteiger partial charge is 0.372 e. The second-order valence-electron chi connectivity index (χ2n) is 5.77. The van der Waals surface area contributed by atoms with Crippen molar-refractivity contribution >= 4 is 36.6 Å². The summed E-state index contributed by atoms with van der Waals surface area (Å²) < 4.78 is 81.8. The van der Waals surface area contributed by atoms with Crippen LogP contribution in [0.5, 0.6) is 0 Å². The van der Waals surface area contributed by atoms with E-state index < -0.39 is 45.0 Å². The average molecular weight is 438 g/mol. The minimum Gasteiger partial charge on any atom is -0.372 e. The van der Waals surface area contributed by atoms with Crippen molar-refractivity contribution in [2.45, 2.75) is 31.9 Å². The highest BCUT2D eigenvalue weighted by Crippen LogP contribution is 2.45. The van der Waals surface area contributed by atoms with Crippen molar-refractivity contribution in [2.24, 2.45) is 0 Å². The van der Waals surface area contributed by atoms with Gasteiger partial charge in [0.05, 0.1) is 37.6 Å². The minimum atomic E-state index is -4.69. The largest absolute Gasteiger partial charge is 0.392 e. The standard InChI is InChI=1S/C13H15ClF6N5OP/c1-7(26-6-27(3-12(15,16)17)4-13(18,19)20)2-25-5-22-8-9(14)23-11(21)24-10(8)25/h5,7H,2-4,6H2,1H3,(H2,21,23,24). The molecule has 152 valence electrons. The first-order chi connectivity index (χ1) is 12.3. The summed E-state index contributed by atoms with van der Waals surface area (Å²) in [6.45, 7) is 1.61. The maximum absolute atomic E-state index is 12.5. The van der Waals surface area contributed by atoms with Gasteiger partial charge in [0.25, 0.3) is 0 Å². The number of imidazole rings is 1. The second kappa shape index (κ2) is 8.32. The number of nitrogens with two attached hydrogens (primary N) is 1. The lowest BCUT2D eigenvalue weighted by Crippen LogP contribution is -2.24. The minimum absolute atomic E-state index is 0.0312. The van der Waals surface area contributed by atoms with Crippen LogP contribution < -0.4 is 5.73 Å². The van der Waals surface area contributed by atoms with Crippen molar-refractivity contribution in [3.63, 3.8) is 0 Å². The fraction of sp³-hybridized carbons (Fsp3) is 0.615. The maximum Gasteiger partial charge on any atom is 0.392 e. The highest BCUT2D eigenvalue weighted by molar-refractivity contribution is 7.57. The maximum atomic E-state index is 12.5. The summed E-state index contributed by atoms with van der Waals surface area (Å²) in [6.07, 6.45) is -12.4. The summed E-state index contributed by atoms with van der Waals surface area (Å²) in [6, 6.07) is 0. The Balaban J connectivity index is 2.02. The first kappa shape index (κ1) is 21.9. The van der Waals surface area contributed by atoms with Gasteiger partial charge < -0.3 is 15.0 Å². The van der Waals surface area contributed by atoms with Gasteiger partial charge in [-0.25, -0.2) is 4.98 Å². The predicted octanol–water partition coefficient (Wildman–Crippen LogP) is 4.03. The van der Waals surface area contributed by atoms with Gasteiger partial charge in [0, 0.05) is 0 Å². The molecule has 6 nitrogen and oxygen atoms in total. The molecule has 0 aromatic carbocycles. The molecular weight excluding hydrogens is 423 g/mol. The van der Waals surface area contributed by atoms with E-state index in [1.54, 1.807) is 0 Å². The van der Waals surface area contributed by atoms with E-state index in [1.807, 2.05) is 0 Å². The summed E-state index contributed by atoms with van der Waals surface area (Å²) in [5.74, 6) is -0.0957. The van der Waals surface area contributed by atoms with Gasteiger partial charge in [-0.05, 0) is 6.92 Å². The molecule has 2 rings (SSSR count). The van der Waals surface area contributed by atoms with Crippen molar-refractivity contribution in [1.82, 2.24) is 19.5 Å². The number of fused-ring (bicyclic) bond motifs is 1. The normalized spacial score (nSPS) is 14.3. The topological polar surface area (TPSA) is 78.9 Å². The monoisotopic (exact) mass is 437 g/mol. The van der Waals surface area contributed by atoms with Crippen LogP contribution >= 0.6 is 19.5 Å². The van der Waals surface area contributed by atoms with Crippen molar-refractivity contribution in [2.75, 3.05) is 24.4 Å². The summed E-state index contributed by atoms with van der Waals surface area (Å²) in [5, 5.41) is 0.0312. The summed E-state index contributed by atoms with van der Waals surface area (Å²) in [4.78, 5) is 11.7. The van der Waals surface area contributed by atoms with Gasteiger partial charge in [-0.2, -0.15) is 36.3 Å². The van der Waals surface area contributed by atoms with Gasteiger partial charge in [-0.1, -0.05) is 19.5 Å². The van der Waals surface area contributed by atoms with E-state index in [4.69, 9.17) is 22.1 Å². The molecule has 2 aromatic heterocycles. The zero-order valence-corrected chi connectivity index (χ0v) is 15.5. The Morgan fingerprint density at radius 2 is 1.78 bits per heavy atom. The number of halogens is 7. The summed E-state index contributed by atoms with van der Waals surface area (Å²) >= 11 is 5.89. The Bertz CT molecular complexity index is 767. The van der Waals surface area contributed by atoms with Crippen LogP contribution in [0.3, 0.4) is 0 Å². The van der Waals surface area contributed by atoms with E-state index in [9.17, 15) is 26.3 Å². The second-order valence-corrected chi connectivity index (χ2v) is 8.36. The van der Waals surface area contributed by atoms with E-state index in [1.165, 1.54) is 17.8 Å². The lowest BCUT2D eigenvalue weighted by molar-refractivity contribution is -0.112. The fourth-order valence-electron chi connectivity index (χ4n) is 2.28. The summed E-state index contributed by atoms with van der Waals surface area (Å²) in [7, 11) is -2.44. The molecule has 0 radical (unpaired) electrons. The molecule has 0 aliphatic rings. The highest BCUT2D eigenvalue weighted by Gasteiger charge is 2.38. The molecule has 0 bridgehead atoms. The van der Waals surface area contributed by atoms with E-state index in [0.29, 0.717) is 0 Å². The predicted molar refractivity (Wildman–Crippen MR) is 88.9 cm³/mol. The van der Waals surface area contributed by atoms with Crippen LogP contribution in [-0.2, 0) is 11.3 Å². The molecule has 0 aliphatic carbocycles. The van der Waals surface area contributed by atoms with E-state index in [0.717, 1.165) is 0 Å². The Morgan fingerprint density at radius 1 is 1.19 bits per heavy atom. The molecule has 0 amide bonds. The SMILES string of the molecule is CC(Cn1cnc2c(Cl)nc(N)nc21)OCP(CC(F)(F)F)CC(F)(F)F. The molecule has 27 heavy (non-hydrogen) atoms. The van der Waals surface area contributed by atoms with Gasteiger partial charge in [-0.3, -0.25) is 0 Å². The van der Waals surface area contributed by atoms with Crippen molar-refractivity contribution in [3.8, 4) is 0 Å². The van der Waals surface area contributed by atoms with Crippen LogP contribution in [-0.4, -0.2) is 56.6 Å². The summed E-state index contributed by atoms with van der Waals surface area (Å²) in [5.41, 5.74) is 6.07. The fourth-order valence-corrected chi connectivity index (χ4v) is 4.27. The number of hydrogen-bond acceptors (Lipinski definition) is 5.